The summed E-state index contributed by atoms with van der Waals surface area (Å²) in [4.78, 5) is 63.2. The average Bonchev–Trinajstić information content (AvgIpc) is 3.68. The molecule has 3 amide bonds. The van der Waals surface area contributed by atoms with Crippen molar-refractivity contribution in [3.05, 3.63) is 54.2 Å². The van der Waals surface area contributed by atoms with E-state index in [0.717, 1.165) is 16.5 Å². The van der Waals surface area contributed by atoms with Crippen molar-refractivity contribution in [1.29, 1.82) is 0 Å². The van der Waals surface area contributed by atoms with Gasteiger partial charge in [-0.25, -0.2) is 9.78 Å². The summed E-state index contributed by atoms with van der Waals surface area (Å²) in [5.74, 6) is -2.73. The van der Waals surface area contributed by atoms with Crippen LogP contribution in [0.25, 0.3) is 10.9 Å². The summed E-state index contributed by atoms with van der Waals surface area (Å²) in [5, 5.41) is 16.1. The van der Waals surface area contributed by atoms with Crippen LogP contribution in [0.5, 0.6) is 0 Å². The number of imidazole rings is 1. The highest BCUT2D eigenvalue weighted by Crippen LogP contribution is 2.21. The molecule has 208 valence electrons. The smallest absolute Gasteiger partial charge is 0.326 e. The molecular formula is C27H35N7O5. The predicted octanol–water partition coefficient (Wildman–Crippen LogP) is 0.705. The van der Waals surface area contributed by atoms with Crippen LogP contribution in [-0.4, -0.2) is 79.4 Å². The predicted molar refractivity (Wildman–Crippen MR) is 143 cm³/mol. The molecule has 1 aliphatic heterocycles. The van der Waals surface area contributed by atoms with Gasteiger partial charge in [-0.1, -0.05) is 32.0 Å². The number of aliphatic carboxylic acids is 1. The number of amides is 3. The Hall–Kier alpha value is -4.19. The largest absolute Gasteiger partial charge is 0.480 e. The number of H-pyrrole nitrogens is 2. The zero-order valence-electron chi connectivity index (χ0n) is 22.0. The maximum atomic E-state index is 13.4. The van der Waals surface area contributed by atoms with E-state index in [2.05, 4.69) is 25.6 Å². The van der Waals surface area contributed by atoms with E-state index in [4.69, 9.17) is 5.73 Å². The van der Waals surface area contributed by atoms with Crippen LogP contribution in [0.3, 0.4) is 0 Å². The van der Waals surface area contributed by atoms with Crippen LogP contribution in [0.1, 0.15) is 37.9 Å². The first-order chi connectivity index (χ1) is 18.7. The molecule has 0 aliphatic carbocycles. The summed E-state index contributed by atoms with van der Waals surface area (Å²) in [6.45, 7) is 4.09. The number of carbonyl (C=O) groups excluding carboxylic acids is 3. The number of carboxylic acid groups (broad SMARTS) is 1. The molecule has 0 radical (unpaired) electrons. The molecule has 12 nitrogen and oxygen atoms in total. The van der Waals surface area contributed by atoms with Crippen LogP contribution in [0, 0.1) is 5.92 Å². The third kappa shape index (κ3) is 6.45. The van der Waals surface area contributed by atoms with E-state index < -0.39 is 42.0 Å². The van der Waals surface area contributed by atoms with Crippen molar-refractivity contribution in [3.8, 4) is 0 Å². The number of nitrogens with one attached hydrogen (secondary N) is 4. The van der Waals surface area contributed by atoms with Crippen molar-refractivity contribution in [3.63, 3.8) is 0 Å². The fourth-order valence-corrected chi connectivity index (χ4v) is 4.87. The third-order valence-electron chi connectivity index (χ3n) is 7.17. The second-order valence-electron chi connectivity index (χ2n) is 10.3. The van der Waals surface area contributed by atoms with Crippen molar-refractivity contribution >= 4 is 34.6 Å². The molecule has 2 aromatic heterocycles. The van der Waals surface area contributed by atoms with Gasteiger partial charge in [0.2, 0.25) is 17.7 Å². The van der Waals surface area contributed by atoms with E-state index in [0.29, 0.717) is 25.1 Å². The van der Waals surface area contributed by atoms with Gasteiger partial charge in [0.05, 0.1) is 12.4 Å². The number of nitrogens with two attached hydrogens (primary N) is 1. The van der Waals surface area contributed by atoms with Gasteiger partial charge in [-0.05, 0) is 30.4 Å². The number of rotatable bonds is 11. The zero-order chi connectivity index (χ0) is 28.1. The van der Waals surface area contributed by atoms with Gasteiger partial charge >= 0.3 is 5.97 Å². The van der Waals surface area contributed by atoms with Crippen LogP contribution in [0.4, 0.5) is 0 Å². The van der Waals surface area contributed by atoms with Crippen molar-refractivity contribution in [2.45, 2.75) is 63.7 Å². The zero-order valence-corrected chi connectivity index (χ0v) is 22.0. The van der Waals surface area contributed by atoms with Crippen LogP contribution >= 0.6 is 0 Å². The van der Waals surface area contributed by atoms with Crippen molar-refractivity contribution in [2.75, 3.05) is 6.54 Å². The normalized spacial score (nSPS) is 17.6. The second kappa shape index (κ2) is 12.1. The highest BCUT2D eigenvalue weighted by Gasteiger charge is 2.38. The van der Waals surface area contributed by atoms with E-state index in [1.807, 2.05) is 38.1 Å². The summed E-state index contributed by atoms with van der Waals surface area (Å²) in [6.07, 6.45) is 5.89. The topological polar surface area (TPSA) is 186 Å². The molecule has 1 fully saturated rings. The van der Waals surface area contributed by atoms with E-state index in [-0.39, 0.29) is 24.7 Å². The number of aromatic amines is 2. The molecule has 1 aromatic carbocycles. The van der Waals surface area contributed by atoms with Crippen LogP contribution < -0.4 is 16.4 Å². The first-order valence-corrected chi connectivity index (χ1v) is 13.1. The van der Waals surface area contributed by atoms with Crippen LogP contribution in [0.15, 0.2) is 43.0 Å². The van der Waals surface area contributed by atoms with Gasteiger partial charge < -0.3 is 36.3 Å². The van der Waals surface area contributed by atoms with Gasteiger partial charge in [0.25, 0.3) is 0 Å². The minimum atomic E-state index is -1.23. The number of para-hydroxylation sites is 1. The van der Waals surface area contributed by atoms with Crippen molar-refractivity contribution < 1.29 is 24.3 Å². The maximum absolute atomic E-state index is 13.4. The second-order valence-corrected chi connectivity index (χ2v) is 10.3. The number of hydrogen-bond donors (Lipinski definition) is 6. The van der Waals surface area contributed by atoms with Crippen LogP contribution in [-0.2, 0) is 32.0 Å². The Morgan fingerprint density at radius 2 is 1.90 bits per heavy atom. The molecule has 1 aliphatic rings. The maximum Gasteiger partial charge on any atom is 0.326 e. The first-order valence-electron chi connectivity index (χ1n) is 13.1. The van der Waals surface area contributed by atoms with Gasteiger partial charge in [0.1, 0.15) is 18.1 Å². The summed E-state index contributed by atoms with van der Waals surface area (Å²) in [6, 6.07) is 3.67. The fourth-order valence-electron chi connectivity index (χ4n) is 4.87. The molecule has 0 saturated carbocycles. The number of nitrogens with zero attached hydrogens (tertiary/aromatic N) is 2. The Balaban J connectivity index is 1.50. The third-order valence-corrected chi connectivity index (χ3v) is 7.17. The lowest BCUT2D eigenvalue weighted by atomic mass is 10.0. The highest BCUT2D eigenvalue weighted by molar-refractivity contribution is 5.95. The molecule has 0 spiro atoms. The van der Waals surface area contributed by atoms with E-state index in [9.17, 15) is 24.3 Å². The lowest BCUT2D eigenvalue weighted by molar-refractivity contribution is -0.143. The first kappa shape index (κ1) is 27.8. The Morgan fingerprint density at radius 1 is 1.13 bits per heavy atom. The number of hydrogen-bond acceptors (Lipinski definition) is 6. The molecule has 39 heavy (non-hydrogen) atoms. The lowest BCUT2D eigenvalue weighted by Crippen LogP contribution is -2.57. The SMILES string of the molecule is CC(C)C(N)C(=O)N1CCCC1C(=O)NC(Cc1cnc[nH]1)C(=O)NC(Cc1c[nH]c2ccccc12)C(=O)O. The molecular weight excluding hydrogens is 502 g/mol. The number of aromatic nitrogens is 3. The molecule has 0 bridgehead atoms. The van der Waals surface area contributed by atoms with E-state index in [1.54, 1.807) is 6.20 Å². The van der Waals surface area contributed by atoms with E-state index >= 15 is 0 Å². The molecule has 1 saturated heterocycles. The number of carboxylic acids is 1. The summed E-state index contributed by atoms with van der Waals surface area (Å²) in [7, 11) is 0. The standard InChI is InChI=1S/C27H35N7O5/c1-15(2)23(28)26(37)34-9-5-8-22(34)25(36)32-20(11-17-13-29-14-31-17)24(35)33-21(27(38)39)10-16-12-30-19-7-4-3-6-18(16)19/h3-4,6-7,12-15,20-23,30H,5,8-11,28H2,1-2H3,(H,29,31)(H,32,36)(H,33,35)(H,38,39). The highest BCUT2D eigenvalue weighted by atomic mass is 16.4. The minimum absolute atomic E-state index is 0.0494. The molecule has 4 atom stereocenters. The minimum Gasteiger partial charge on any atom is -0.480 e. The summed E-state index contributed by atoms with van der Waals surface area (Å²) in [5.41, 5.74) is 8.25. The number of fused-ring (bicyclic) bond motifs is 1. The van der Waals surface area contributed by atoms with Gasteiger partial charge in [-0.15, -0.1) is 0 Å². The van der Waals surface area contributed by atoms with Crippen molar-refractivity contribution in [1.82, 2.24) is 30.5 Å². The van der Waals surface area contributed by atoms with E-state index in [1.165, 1.54) is 17.4 Å². The van der Waals surface area contributed by atoms with Crippen LogP contribution in [0.2, 0.25) is 0 Å². The molecule has 4 unspecified atom stereocenters. The monoisotopic (exact) mass is 537 g/mol. The van der Waals surface area contributed by atoms with Gasteiger partial charge in [-0.3, -0.25) is 14.4 Å². The molecule has 12 heteroatoms. The molecule has 4 rings (SSSR count). The molecule has 7 N–H and O–H groups in total. The van der Waals surface area contributed by atoms with Gasteiger partial charge in [-0.2, -0.15) is 0 Å². The van der Waals surface area contributed by atoms with Gasteiger partial charge in [0.15, 0.2) is 0 Å². The fraction of sp³-hybridized carbons (Fsp3) is 0.444. The average molecular weight is 538 g/mol. The molecule has 3 aromatic rings. The quantitative estimate of drug-likeness (QED) is 0.208. The summed E-state index contributed by atoms with van der Waals surface area (Å²) >= 11 is 0. The lowest BCUT2D eigenvalue weighted by Gasteiger charge is -2.29. The van der Waals surface area contributed by atoms with Gasteiger partial charge in [0, 0.05) is 48.4 Å². The molecule has 3 heterocycles. The summed E-state index contributed by atoms with van der Waals surface area (Å²) < 4.78 is 0. The van der Waals surface area contributed by atoms with Crippen molar-refractivity contribution in [2.24, 2.45) is 11.7 Å². The number of carbonyl (C=O) groups is 4. The Labute approximate surface area is 225 Å². The Kier molecular flexibility index (Phi) is 8.65. The Bertz CT molecular complexity index is 1320. The number of likely N-dealkylation sites (tertiary alicyclic amines) is 1. The Morgan fingerprint density at radius 3 is 2.59 bits per heavy atom. The number of benzene rings is 1.